The van der Waals surface area contributed by atoms with Gasteiger partial charge in [-0.3, -0.25) is 5.41 Å². The number of fused-ring (bicyclic) bond motifs is 1. The number of nitrogens with one attached hydrogen (secondary N) is 2. The van der Waals surface area contributed by atoms with Crippen LogP contribution in [0.5, 0.6) is 0 Å². The van der Waals surface area contributed by atoms with Gasteiger partial charge in [0.05, 0.1) is 11.0 Å². The number of aliphatic hydroxyl groups excluding tert-OH is 1. The molecular formula is C16H22N6OS. The third-order valence-electron chi connectivity index (χ3n) is 4.37. The highest BCUT2D eigenvalue weighted by Gasteiger charge is 2.23. The molecule has 0 radical (unpaired) electrons. The standard InChI is InChI=1S/C16H22N6OS/c1-2-3-9-8-11(22-6-4-10(23)5-7-22)20-16-12(9)13(21-19)14(24-16)15(17)18/h8,10,19,23H,2-7H2,1H3,(H3,17,18). The van der Waals surface area contributed by atoms with E-state index >= 15 is 0 Å². The van der Waals surface area contributed by atoms with E-state index in [1.54, 1.807) is 0 Å². The Morgan fingerprint density at radius 2 is 2.21 bits per heavy atom. The highest BCUT2D eigenvalue weighted by Crippen LogP contribution is 2.40. The summed E-state index contributed by atoms with van der Waals surface area (Å²) in [5, 5.41) is 21.9. The zero-order chi connectivity index (χ0) is 17.3. The minimum Gasteiger partial charge on any atom is -0.393 e. The molecule has 0 spiro atoms. The molecule has 0 atom stereocenters. The summed E-state index contributed by atoms with van der Waals surface area (Å²) in [6.07, 6.45) is 3.11. The van der Waals surface area contributed by atoms with Gasteiger partial charge in [-0.2, -0.15) is 5.11 Å². The predicted octanol–water partition coefficient (Wildman–Crippen LogP) is 3.16. The van der Waals surface area contributed by atoms with Crippen molar-refractivity contribution in [3.8, 4) is 0 Å². The molecule has 1 aliphatic heterocycles. The van der Waals surface area contributed by atoms with Gasteiger partial charge in [-0.05, 0) is 30.9 Å². The molecule has 3 rings (SSSR count). The molecule has 0 saturated carbocycles. The molecule has 8 heteroatoms. The first-order chi connectivity index (χ1) is 11.5. The molecule has 1 fully saturated rings. The number of hydrogen-bond acceptors (Lipinski definition) is 7. The predicted molar refractivity (Wildman–Crippen MR) is 96.9 cm³/mol. The van der Waals surface area contributed by atoms with Crippen LogP contribution in [0, 0.1) is 10.9 Å². The molecule has 0 unspecified atom stereocenters. The number of piperidine rings is 1. The zero-order valence-corrected chi connectivity index (χ0v) is 14.5. The van der Waals surface area contributed by atoms with Crippen LogP contribution >= 0.6 is 11.3 Å². The van der Waals surface area contributed by atoms with E-state index in [1.165, 1.54) is 11.3 Å². The molecule has 5 N–H and O–H groups in total. The minimum absolute atomic E-state index is 0.0749. The molecule has 0 aromatic carbocycles. The highest BCUT2D eigenvalue weighted by atomic mass is 32.1. The van der Waals surface area contributed by atoms with E-state index in [9.17, 15) is 5.11 Å². The Morgan fingerprint density at radius 3 is 2.79 bits per heavy atom. The molecule has 3 heterocycles. The lowest BCUT2D eigenvalue weighted by Gasteiger charge is -2.30. The lowest BCUT2D eigenvalue weighted by Crippen LogP contribution is -2.36. The van der Waals surface area contributed by atoms with Gasteiger partial charge in [0.15, 0.2) is 0 Å². The summed E-state index contributed by atoms with van der Waals surface area (Å²) < 4.78 is 0. The normalized spacial score (nSPS) is 15.8. The summed E-state index contributed by atoms with van der Waals surface area (Å²) in [6, 6.07) is 2.06. The first-order valence-electron chi connectivity index (χ1n) is 8.16. The summed E-state index contributed by atoms with van der Waals surface area (Å²) in [6.45, 7) is 3.68. The van der Waals surface area contributed by atoms with Crippen molar-refractivity contribution in [2.75, 3.05) is 18.0 Å². The molecule has 0 bridgehead atoms. The van der Waals surface area contributed by atoms with Gasteiger partial charge in [-0.15, -0.1) is 11.3 Å². The molecule has 2 aromatic heterocycles. The molecule has 128 valence electrons. The number of nitrogens with two attached hydrogens (primary N) is 1. The van der Waals surface area contributed by atoms with Crippen LogP contribution in [-0.2, 0) is 6.42 Å². The Morgan fingerprint density at radius 1 is 1.50 bits per heavy atom. The fourth-order valence-corrected chi connectivity index (χ4v) is 4.17. The second-order valence-electron chi connectivity index (χ2n) is 6.09. The lowest BCUT2D eigenvalue weighted by molar-refractivity contribution is 0.145. The Labute approximate surface area is 144 Å². The van der Waals surface area contributed by atoms with Crippen LogP contribution < -0.4 is 10.6 Å². The van der Waals surface area contributed by atoms with Gasteiger partial charge < -0.3 is 15.7 Å². The number of aryl methyl sites for hydroxylation is 1. The summed E-state index contributed by atoms with van der Waals surface area (Å²) in [5.74, 6) is 0.819. The van der Waals surface area contributed by atoms with E-state index in [1.807, 2.05) is 0 Å². The van der Waals surface area contributed by atoms with E-state index in [0.29, 0.717) is 10.6 Å². The maximum Gasteiger partial charge on any atom is 0.135 e. The van der Waals surface area contributed by atoms with Crippen molar-refractivity contribution in [2.24, 2.45) is 10.8 Å². The number of anilines is 1. The van der Waals surface area contributed by atoms with Gasteiger partial charge in [-0.25, -0.2) is 10.5 Å². The van der Waals surface area contributed by atoms with Crippen LogP contribution in [0.1, 0.15) is 36.6 Å². The lowest BCUT2D eigenvalue weighted by atomic mass is 10.0. The number of rotatable bonds is 5. The number of aliphatic hydroxyl groups is 1. The van der Waals surface area contributed by atoms with Crippen molar-refractivity contribution in [2.45, 2.75) is 38.7 Å². The monoisotopic (exact) mass is 346 g/mol. The summed E-state index contributed by atoms with van der Waals surface area (Å²) in [5.41, 5.74) is 14.7. The summed E-state index contributed by atoms with van der Waals surface area (Å²) >= 11 is 1.32. The number of nitrogens with zero attached hydrogens (tertiary/aromatic N) is 3. The van der Waals surface area contributed by atoms with Gasteiger partial charge in [0, 0.05) is 18.5 Å². The molecule has 1 aliphatic rings. The van der Waals surface area contributed by atoms with Gasteiger partial charge in [-0.1, -0.05) is 13.3 Å². The Kier molecular flexibility index (Phi) is 4.77. The Hall–Kier alpha value is -2.06. The third-order valence-corrected chi connectivity index (χ3v) is 5.48. The van der Waals surface area contributed by atoms with Crippen molar-refractivity contribution in [3.63, 3.8) is 0 Å². The average Bonchev–Trinajstić information content (AvgIpc) is 2.95. The number of pyridine rings is 1. The first-order valence-corrected chi connectivity index (χ1v) is 8.98. The van der Waals surface area contributed by atoms with Crippen molar-refractivity contribution in [1.82, 2.24) is 4.98 Å². The molecule has 0 aliphatic carbocycles. The quantitative estimate of drug-likeness (QED) is 0.377. The molecular weight excluding hydrogens is 324 g/mol. The van der Waals surface area contributed by atoms with E-state index in [4.69, 9.17) is 21.7 Å². The van der Waals surface area contributed by atoms with Crippen LogP contribution in [-0.4, -0.2) is 35.1 Å². The molecule has 0 amide bonds. The maximum absolute atomic E-state index is 9.70. The van der Waals surface area contributed by atoms with Crippen LogP contribution in [0.3, 0.4) is 0 Å². The Balaban J connectivity index is 2.13. The number of hydrogen-bond donors (Lipinski definition) is 4. The fourth-order valence-electron chi connectivity index (χ4n) is 3.16. The average molecular weight is 346 g/mol. The minimum atomic E-state index is -0.222. The van der Waals surface area contributed by atoms with Crippen molar-refractivity contribution >= 4 is 38.9 Å². The highest BCUT2D eigenvalue weighted by molar-refractivity contribution is 7.21. The van der Waals surface area contributed by atoms with Crippen molar-refractivity contribution < 1.29 is 5.11 Å². The smallest absolute Gasteiger partial charge is 0.135 e. The third kappa shape index (κ3) is 2.99. The number of nitrogen functional groups attached to an aromatic ring is 1. The van der Waals surface area contributed by atoms with E-state index in [2.05, 4.69) is 23.0 Å². The van der Waals surface area contributed by atoms with Crippen molar-refractivity contribution in [1.29, 1.82) is 10.9 Å². The number of aromatic nitrogens is 1. The van der Waals surface area contributed by atoms with E-state index < -0.39 is 0 Å². The second-order valence-corrected chi connectivity index (χ2v) is 7.09. The summed E-state index contributed by atoms with van der Waals surface area (Å²) in [4.78, 5) is 8.22. The van der Waals surface area contributed by atoms with Gasteiger partial charge >= 0.3 is 0 Å². The van der Waals surface area contributed by atoms with Crippen LogP contribution in [0.4, 0.5) is 11.5 Å². The maximum atomic E-state index is 9.70. The Bertz CT molecular complexity index is 778. The van der Waals surface area contributed by atoms with Gasteiger partial charge in [0.1, 0.15) is 22.2 Å². The van der Waals surface area contributed by atoms with Crippen LogP contribution in [0.2, 0.25) is 0 Å². The van der Waals surface area contributed by atoms with E-state index in [0.717, 1.165) is 60.4 Å². The zero-order valence-electron chi connectivity index (χ0n) is 13.7. The van der Waals surface area contributed by atoms with Crippen LogP contribution in [0.15, 0.2) is 11.2 Å². The fraction of sp³-hybridized carbons (Fsp3) is 0.500. The molecule has 2 aromatic rings. The second kappa shape index (κ2) is 6.82. The van der Waals surface area contributed by atoms with Gasteiger partial charge in [0.25, 0.3) is 0 Å². The largest absolute Gasteiger partial charge is 0.393 e. The van der Waals surface area contributed by atoms with Crippen LogP contribution in [0.25, 0.3) is 10.2 Å². The van der Waals surface area contributed by atoms with Gasteiger partial charge in [0.2, 0.25) is 0 Å². The van der Waals surface area contributed by atoms with E-state index in [-0.39, 0.29) is 11.9 Å². The topological polar surface area (TPSA) is 122 Å². The molecule has 1 saturated heterocycles. The SMILES string of the molecule is CCCc1cc(N2CCC(O)CC2)nc2sc(C(=N)N)c(N=N)c12. The molecule has 7 nitrogen and oxygen atoms in total. The summed E-state index contributed by atoms with van der Waals surface area (Å²) in [7, 11) is 0. The first kappa shape index (κ1) is 16.8. The number of thiophene rings is 1. The number of amidine groups is 1. The molecule has 24 heavy (non-hydrogen) atoms. The van der Waals surface area contributed by atoms with Crippen molar-refractivity contribution in [3.05, 3.63) is 16.5 Å².